The molecule has 0 aromatic heterocycles. The molecule has 0 saturated heterocycles. The largest absolute Gasteiger partial charge is 0.206 e. The van der Waals surface area contributed by atoms with Crippen molar-refractivity contribution in [3.05, 3.63) is 106 Å². The highest BCUT2D eigenvalue weighted by Gasteiger charge is 2.00. The number of benzene rings is 3. The van der Waals surface area contributed by atoms with Crippen LogP contribution in [0.25, 0.3) is 0 Å². The first-order chi connectivity index (χ1) is 12.6. The number of rotatable bonds is 1. The molecule has 26 heavy (non-hydrogen) atoms. The normalized spacial score (nSPS) is 9.65. The van der Waals surface area contributed by atoms with Gasteiger partial charge in [0.05, 0.1) is 5.56 Å². The van der Waals surface area contributed by atoms with Crippen LogP contribution in [0.4, 0.5) is 4.39 Å². The van der Waals surface area contributed by atoms with E-state index in [-0.39, 0.29) is 5.82 Å². The Morgan fingerprint density at radius 2 is 1.23 bits per heavy atom. The molecular weight excluding hydrogens is 319 g/mol. The summed E-state index contributed by atoms with van der Waals surface area (Å²) in [5.74, 6) is 11.6. The van der Waals surface area contributed by atoms with Gasteiger partial charge >= 0.3 is 0 Å². The summed E-state index contributed by atoms with van der Waals surface area (Å²) < 4.78 is 14.3. The number of hydrogen-bond donors (Lipinski definition) is 0. The van der Waals surface area contributed by atoms with Gasteiger partial charge in [0.25, 0.3) is 0 Å². The summed E-state index contributed by atoms with van der Waals surface area (Å²) in [6.45, 7) is 4.14. The van der Waals surface area contributed by atoms with Gasteiger partial charge in [-0.15, -0.1) is 0 Å². The van der Waals surface area contributed by atoms with Crippen LogP contribution in [0, 0.1) is 36.4 Å². The molecule has 0 aliphatic rings. The molecule has 0 N–H and O–H groups in total. The Bertz CT molecular complexity index is 1020. The Morgan fingerprint density at radius 3 is 1.85 bits per heavy atom. The number of hydrogen-bond acceptors (Lipinski definition) is 0. The molecule has 0 heterocycles. The molecule has 0 amide bonds. The van der Waals surface area contributed by atoms with Crippen molar-refractivity contribution in [2.75, 3.05) is 0 Å². The molecule has 0 aliphatic heterocycles. The second-order valence-electron chi connectivity index (χ2n) is 6.11. The Labute approximate surface area is 154 Å². The van der Waals surface area contributed by atoms with E-state index in [1.807, 2.05) is 43.3 Å². The van der Waals surface area contributed by atoms with Gasteiger partial charge in [0.1, 0.15) is 5.82 Å². The van der Waals surface area contributed by atoms with E-state index >= 15 is 0 Å². The van der Waals surface area contributed by atoms with Crippen LogP contribution >= 0.6 is 0 Å². The number of halogens is 1. The van der Waals surface area contributed by atoms with Crippen LogP contribution < -0.4 is 0 Å². The van der Waals surface area contributed by atoms with Crippen LogP contribution in [0.15, 0.2) is 66.7 Å². The van der Waals surface area contributed by atoms with Crippen molar-refractivity contribution >= 4 is 0 Å². The fraction of sp³-hybridized carbons (Fsp3) is 0.120. The molecule has 1 heteroatoms. The number of aryl methyl sites for hydroxylation is 2. The van der Waals surface area contributed by atoms with Crippen molar-refractivity contribution in [1.29, 1.82) is 0 Å². The van der Waals surface area contributed by atoms with E-state index in [2.05, 4.69) is 42.7 Å². The Hall–Kier alpha value is -3.29. The molecule has 0 fully saturated rings. The van der Waals surface area contributed by atoms with E-state index in [0.29, 0.717) is 11.1 Å². The second kappa shape index (κ2) is 8.19. The van der Waals surface area contributed by atoms with Gasteiger partial charge in [-0.25, -0.2) is 4.39 Å². The van der Waals surface area contributed by atoms with Crippen molar-refractivity contribution in [1.82, 2.24) is 0 Å². The zero-order valence-corrected chi connectivity index (χ0v) is 14.9. The van der Waals surface area contributed by atoms with Crippen LogP contribution in [0.2, 0.25) is 0 Å². The summed E-state index contributed by atoms with van der Waals surface area (Å²) in [5, 5.41) is 0. The highest BCUT2D eigenvalue weighted by molar-refractivity contribution is 5.48. The van der Waals surface area contributed by atoms with E-state index in [1.165, 1.54) is 17.2 Å². The van der Waals surface area contributed by atoms with Gasteiger partial charge in [0, 0.05) is 16.7 Å². The smallest absolute Gasteiger partial charge is 0.140 e. The SMILES string of the molecule is CCc1ccc(C#Cc2ccc(C#Cc3ccc(C)cc3)c(F)c2)cc1. The third-order valence-corrected chi connectivity index (χ3v) is 4.08. The first-order valence-corrected chi connectivity index (χ1v) is 8.63. The van der Waals surface area contributed by atoms with Crippen LogP contribution in [-0.4, -0.2) is 0 Å². The molecule has 3 aromatic carbocycles. The van der Waals surface area contributed by atoms with Gasteiger partial charge in [-0.3, -0.25) is 0 Å². The topological polar surface area (TPSA) is 0 Å². The summed E-state index contributed by atoms with van der Waals surface area (Å²) >= 11 is 0. The summed E-state index contributed by atoms with van der Waals surface area (Å²) in [4.78, 5) is 0. The minimum atomic E-state index is -0.349. The molecule has 0 saturated carbocycles. The standard InChI is InChI=1S/C25H19F/c1-3-20-8-10-22(11-9-20)12-13-23-15-17-24(25(26)18-23)16-14-21-6-4-19(2)5-7-21/h4-11,15,17-18H,3H2,1-2H3. The zero-order chi connectivity index (χ0) is 18.4. The monoisotopic (exact) mass is 338 g/mol. The molecule has 3 aromatic rings. The van der Waals surface area contributed by atoms with Gasteiger partial charge < -0.3 is 0 Å². The van der Waals surface area contributed by atoms with Crippen molar-refractivity contribution in [2.24, 2.45) is 0 Å². The van der Waals surface area contributed by atoms with Crippen molar-refractivity contribution in [3.8, 4) is 23.7 Å². The lowest BCUT2D eigenvalue weighted by atomic mass is 10.1. The Kier molecular flexibility index (Phi) is 5.52. The van der Waals surface area contributed by atoms with Crippen LogP contribution in [0.5, 0.6) is 0 Å². The fourth-order valence-electron chi connectivity index (χ4n) is 2.44. The molecule has 0 aliphatic carbocycles. The predicted molar refractivity (Wildman–Crippen MR) is 105 cm³/mol. The molecule has 3 rings (SSSR count). The van der Waals surface area contributed by atoms with Gasteiger partial charge in [-0.1, -0.05) is 60.4 Å². The molecule has 0 spiro atoms. The molecule has 0 unspecified atom stereocenters. The molecule has 126 valence electrons. The van der Waals surface area contributed by atoms with Crippen molar-refractivity contribution in [3.63, 3.8) is 0 Å². The first kappa shape index (κ1) is 17.5. The average Bonchev–Trinajstić information content (AvgIpc) is 2.67. The Balaban J connectivity index is 1.77. The molecule has 0 atom stereocenters. The van der Waals surface area contributed by atoms with E-state index in [0.717, 1.165) is 17.5 Å². The summed E-state index contributed by atoms with van der Waals surface area (Å²) in [7, 11) is 0. The highest BCUT2D eigenvalue weighted by Crippen LogP contribution is 2.10. The van der Waals surface area contributed by atoms with E-state index < -0.39 is 0 Å². The van der Waals surface area contributed by atoms with E-state index in [9.17, 15) is 4.39 Å². The van der Waals surface area contributed by atoms with Crippen molar-refractivity contribution in [2.45, 2.75) is 20.3 Å². The average molecular weight is 338 g/mol. The van der Waals surface area contributed by atoms with Crippen LogP contribution in [0.1, 0.15) is 40.3 Å². The molecule has 0 nitrogen and oxygen atoms in total. The lowest BCUT2D eigenvalue weighted by Gasteiger charge is -1.97. The Morgan fingerprint density at radius 1 is 0.692 bits per heavy atom. The van der Waals surface area contributed by atoms with Gasteiger partial charge in [-0.2, -0.15) is 0 Å². The minimum absolute atomic E-state index is 0.349. The molecule has 0 bridgehead atoms. The van der Waals surface area contributed by atoms with Crippen LogP contribution in [0.3, 0.4) is 0 Å². The van der Waals surface area contributed by atoms with Crippen LogP contribution in [-0.2, 0) is 6.42 Å². The quantitative estimate of drug-likeness (QED) is 0.514. The lowest BCUT2D eigenvalue weighted by Crippen LogP contribution is -1.86. The van der Waals surface area contributed by atoms with Gasteiger partial charge in [0.2, 0.25) is 0 Å². The summed E-state index contributed by atoms with van der Waals surface area (Å²) in [5.41, 5.74) is 5.26. The van der Waals surface area contributed by atoms with Gasteiger partial charge in [-0.05, 0) is 61.4 Å². The van der Waals surface area contributed by atoms with E-state index in [1.54, 1.807) is 12.1 Å². The zero-order valence-electron chi connectivity index (χ0n) is 14.9. The van der Waals surface area contributed by atoms with E-state index in [4.69, 9.17) is 0 Å². The minimum Gasteiger partial charge on any atom is -0.206 e. The third kappa shape index (κ3) is 4.62. The lowest BCUT2D eigenvalue weighted by molar-refractivity contribution is 0.624. The summed E-state index contributed by atoms with van der Waals surface area (Å²) in [6, 6.07) is 20.9. The summed E-state index contributed by atoms with van der Waals surface area (Å²) in [6.07, 6.45) is 1.00. The third-order valence-electron chi connectivity index (χ3n) is 4.08. The fourth-order valence-corrected chi connectivity index (χ4v) is 2.44. The highest BCUT2D eigenvalue weighted by atomic mass is 19.1. The first-order valence-electron chi connectivity index (χ1n) is 8.63. The molecule has 0 radical (unpaired) electrons. The van der Waals surface area contributed by atoms with Crippen molar-refractivity contribution < 1.29 is 4.39 Å². The maximum atomic E-state index is 14.3. The molecular formula is C25H19F. The second-order valence-corrected chi connectivity index (χ2v) is 6.11. The maximum Gasteiger partial charge on any atom is 0.140 e. The van der Waals surface area contributed by atoms with Gasteiger partial charge in [0.15, 0.2) is 0 Å². The predicted octanol–water partition coefficient (Wildman–Crippen LogP) is 5.50. The maximum absolute atomic E-state index is 14.3.